The van der Waals surface area contributed by atoms with E-state index in [-0.39, 0.29) is 15.9 Å². The van der Waals surface area contributed by atoms with Crippen LogP contribution in [0, 0.1) is 0 Å². The van der Waals surface area contributed by atoms with Gasteiger partial charge in [-0.2, -0.15) is 9.61 Å². The van der Waals surface area contributed by atoms with Crippen molar-refractivity contribution in [2.45, 2.75) is 6.54 Å². The van der Waals surface area contributed by atoms with Crippen molar-refractivity contribution in [3.63, 3.8) is 0 Å². The predicted octanol–water partition coefficient (Wildman–Crippen LogP) is 0.936. The van der Waals surface area contributed by atoms with E-state index in [1.165, 1.54) is 16.6 Å². The van der Waals surface area contributed by atoms with Gasteiger partial charge in [-0.3, -0.25) is 0 Å². The number of aromatic nitrogens is 4. The molecule has 0 atom stereocenters. The van der Waals surface area contributed by atoms with Crippen LogP contribution in [0.3, 0.4) is 0 Å². The molecule has 2 amide bonds. The summed E-state index contributed by atoms with van der Waals surface area (Å²) in [7, 11) is 0. The molecule has 0 aliphatic rings. The van der Waals surface area contributed by atoms with Crippen molar-refractivity contribution >= 4 is 29.4 Å². The van der Waals surface area contributed by atoms with E-state index in [2.05, 4.69) is 15.3 Å². The third kappa shape index (κ3) is 2.15. The molecule has 0 bridgehead atoms. The van der Waals surface area contributed by atoms with E-state index in [9.17, 15) is 9.59 Å². The lowest BCUT2D eigenvalue weighted by Crippen LogP contribution is -2.34. The first-order chi connectivity index (χ1) is 8.49. The van der Waals surface area contributed by atoms with Crippen molar-refractivity contribution in [1.82, 2.24) is 24.7 Å². The Balaban J connectivity index is 2.39. The van der Waals surface area contributed by atoms with E-state index in [4.69, 9.17) is 21.8 Å². The van der Waals surface area contributed by atoms with Crippen LogP contribution in [0.4, 0.5) is 9.59 Å². The quantitative estimate of drug-likeness (QED) is 0.833. The van der Waals surface area contributed by atoms with Gasteiger partial charge >= 0.3 is 12.2 Å². The Morgan fingerprint density at radius 3 is 2.56 bits per heavy atom. The molecule has 0 fully saturated rings. The van der Waals surface area contributed by atoms with Crippen LogP contribution in [0.1, 0.15) is 5.82 Å². The van der Waals surface area contributed by atoms with E-state index in [1.54, 1.807) is 0 Å². The molecule has 9 nitrogen and oxygen atoms in total. The molecule has 0 aliphatic heterocycles. The highest BCUT2D eigenvalue weighted by Crippen LogP contribution is 2.09. The fourth-order valence-electron chi connectivity index (χ4n) is 1.27. The number of nitrogens with zero attached hydrogens (tertiary/aromatic N) is 5. The Bertz CT molecular complexity index is 613. The summed E-state index contributed by atoms with van der Waals surface area (Å²) in [4.78, 5) is 21.6. The third-order valence-corrected chi connectivity index (χ3v) is 2.26. The normalized spacial score (nSPS) is 10.5. The molecule has 0 unspecified atom stereocenters. The molecule has 0 saturated heterocycles. The number of carbonyl (C=O) groups is 2. The van der Waals surface area contributed by atoms with Gasteiger partial charge in [0, 0.05) is 0 Å². The average Bonchev–Trinajstić information content (AvgIpc) is 2.67. The number of amides is 2. The molecule has 0 aliphatic carbocycles. The molecule has 94 valence electrons. The first-order valence-corrected chi connectivity index (χ1v) is 4.97. The van der Waals surface area contributed by atoms with Crippen LogP contribution < -0.4 is 0 Å². The SMILES string of the molecule is O=C(O)N(Cc1nnc2ccc(Cl)nn12)C(=O)O. The van der Waals surface area contributed by atoms with E-state index >= 15 is 0 Å². The molecule has 10 heteroatoms. The van der Waals surface area contributed by atoms with Crippen molar-refractivity contribution in [2.75, 3.05) is 0 Å². The summed E-state index contributed by atoms with van der Waals surface area (Å²) in [6, 6.07) is 3.01. The molecule has 2 aromatic rings. The van der Waals surface area contributed by atoms with Crippen molar-refractivity contribution in [3.05, 3.63) is 23.1 Å². The van der Waals surface area contributed by atoms with Gasteiger partial charge in [0.15, 0.2) is 11.5 Å². The van der Waals surface area contributed by atoms with Gasteiger partial charge in [0.25, 0.3) is 0 Å². The van der Waals surface area contributed by atoms with Crippen LogP contribution in [-0.4, -0.2) is 47.1 Å². The van der Waals surface area contributed by atoms with Crippen LogP contribution in [0.2, 0.25) is 5.15 Å². The Hall–Kier alpha value is -2.42. The lowest BCUT2D eigenvalue weighted by Gasteiger charge is -2.11. The number of rotatable bonds is 2. The molecule has 0 spiro atoms. The topological polar surface area (TPSA) is 121 Å². The molecule has 0 aromatic carbocycles. The summed E-state index contributed by atoms with van der Waals surface area (Å²) in [6.45, 7) is -0.487. The van der Waals surface area contributed by atoms with Gasteiger partial charge in [-0.15, -0.1) is 10.2 Å². The number of imide groups is 1. The zero-order chi connectivity index (χ0) is 13.3. The summed E-state index contributed by atoms with van der Waals surface area (Å²) >= 11 is 5.68. The van der Waals surface area contributed by atoms with E-state index < -0.39 is 18.7 Å². The van der Waals surface area contributed by atoms with E-state index in [0.29, 0.717) is 5.65 Å². The highest BCUT2D eigenvalue weighted by atomic mass is 35.5. The summed E-state index contributed by atoms with van der Waals surface area (Å²) in [5.41, 5.74) is 0.338. The Morgan fingerprint density at radius 2 is 1.94 bits per heavy atom. The van der Waals surface area contributed by atoms with Gasteiger partial charge in [0.2, 0.25) is 0 Å². The van der Waals surface area contributed by atoms with Crippen molar-refractivity contribution in [2.24, 2.45) is 0 Å². The minimum absolute atomic E-state index is 0.0531. The third-order valence-electron chi connectivity index (χ3n) is 2.06. The molecule has 0 radical (unpaired) electrons. The van der Waals surface area contributed by atoms with Crippen LogP contribution in [0.15, 0.2) is 12.1 Å². The standard InChI is InChI=1S/C8H6ClN5O4/c9-4-1-2-5-10-11-6(14(5)12-4)3-13(7(15)16)8(17)18/h1-2H,3H2,(H,15,16)(H,17,18). The first-order valence-electron chi connectivity index (χ1n) is 4.59. The Kier molecular flexibility index (Phi) is 2.98. The maximum absolute atomic E-state index is 10.7. The zero-order valence-electron chi connectivity index (χ0n) is 8.69. The largest absolute Gasteiger partial charge is 0.465 e. The summed E-state index contributed by atoms with van der Waals surface area (Å²) in [5.74, 6) is 0.0531. The zero-order valence-corrected chi connectivity index (χ0v) is 9.44. The second-order valence-corrected chi connectivity index (χ2v) is 3.58. The number of halogens is 1. The molecular formula is C8H6ClN5O4. The number of hydrogen-bond acceptors (Lipinski definition) is 5. The maximum atomic E-state index is 10.7. The summed E-state index contributed by atoms with van der Waals surface area (Å²) in [5, 5.41) is 28.8. The van der Waals surface area contributed by atoms with Crippen molar-refractivity contribution in [3.8, 4) is 0 Å². The van der Waals surface area contributed by atoms with Gasteiger partial charge in [0.1, 0.15) is 5.15 Å². The van der Waals surface area contributed by atoms with Crippen LogP contribution >= 0.6 is 11.6 Å². The van der Waals surface area contributed by atoms with Crippen LogP contribution in [0.5, 0.6) is 0 Å². The highest BCUT2D eigenvalue weighted by molar-refractivity contribution is 6.29. The highest BCUT2D eigenvalue weighted by Gasteiger charge is 2.22. The van der Waals surface area contributed by atoms with Crippen molar-refractivity contribution < 1.29 is 19.8 Å². The molecule has 2 N–H and O–H groups in total. The van der Waals surface area contributed by atoms with E-state index in [1.807, 2.05) is 0 Å². The lowest BCUT2D eigenvalue weighted by atomic mass is 10.5. The first kappa shape index (κ1) is 12.0. The second kappa shape index (κ2) is 4.45. The van der Waals surface area contributed by atoms with Crippen molar-refractivity contribution in [1.29, 1.82) is 0 Å². The predicted molar refractivity (Wildman–Crippen MR) is 57.4 cm³/mol. The van der Waals surface area contributed by atoms with Gasteiger partial charge < -0.3 is 10.2 Å². The fraction of sp³-hybridized carbons (Fsp3) is 0.125. The van der Waals surface area contributed by atoms with Gasteiger partial charge in [-0.1, -0.05) is 11.6 Å². The number of fused-ring (bicyclic) bond motifs is 1. The molecule has 18 heavy (non-hydrogen) atoms. The fourth-order valence-corrected chi connectivity index (χ4v) is 1.41. The molecule has 2 heterocycles. The number of carboxylic acid groups (broad SMARTS) is 2. The molecule has 2 rings (SSSR count). The Morgan fingerprint density at radius 1 is 1.28 bits per heavy atom. The maximum Gasteiger partial charge on any atom is 0.417 e. The van der Waals surface area contributed by atoms with Gasteiger partial charge in [0.05, 0.1) is 6.54 Å². The van der Waals surface area contributed by atoms with Gasteiger partial charge in [-0.05, 0) is 12.1 Å². The van der Waals surface area contributed by atoms with Crippen LogP contribution in [0.25, 0.3) is 5.65 Å². The van der Waals surface area contributed by atoms with Gasteiger partial charge in [-0.25, -0.2) is 14.5 Å². The smallest absolute Gasteiger partial charge is 0.417 e. The monoisotopic (exact) mass is 271 g/mol. The minimum Gasteiger partial charge on any atom is -0.465 e. The summed E-state index contributed by atoms with van der Waals surface area (Å²) < 4.78 is 1.18. The van der Waals surface area contributed by atoms with E-state index in [0.717, 1.165) is 0 Å². The molecular weight excluding hydrogens is 266 g/mol. The minimum atomic E-state index is -1.61. The lowest BCUT2D eigenvalue weighted by molar-refractivity contribution is 0.119. The average molecular weight is 272 g/mol. The molecule has 2 aromatic heterocycles. The van der Waals surface area contributed by atoms with Crippen LogP contribution in [-0.2, 0) is 6.54 Å². The second-order valence-electron chi connectivity index (χ2n) is 3.19. The Labute approximate surface area is 104 Å². The molecule has 0 saturated carbocycles. The number of hydrogen-bond donors (Lipinski definition) is 2. The summed E-state index contributed by atoms with van der Waals surface area (Å²) in [6.07, 6.45) is -3.22.